The minimum absolute atomic E-state index is 0.0516. The van der Waals surface area contributed by atoms with Gasteiger partial charge < -0.3 is 15.1 Å². The summed E-state index contributed by atoms with van der Waals surface area (Å²) in [4.78, 5) is 41.3. The number of likely N-dealkylation sites (tertiary alicyclic amines) is 1. The van der Waals surface area contributed by atoms with Gasteiger partial charge in [-0.2, -0.15) is 10.4 Å². The van der Waals surface area contributed by atoms with E-state index >= 15 is 0 Å². The summed E-state index contributed by atoms with van der Waals surface area (Å²) in [6, 6.07) is 25.2. The molecular weight excluding hydrogens is 578 g/mol. The van der Waals surface area contributed by atoms with E-state index in [1.807, 2.05) is 47.4 Å². The second kappa shape index (κ2) is 12.8. The van der Waals surface area contributed by atoms with Crippen molar-refractivity contribution in [3.63, 3.8) is 0 Å². The predicted molar refractivity (Wildman–Crippen MR) is 176 cm³/mol. The van der Waals surface area contributed by atoms with Crippen molar-refractivity contribution in [1.82, 2.24) is 30.0 Å². The van der Waals surface area contributed by atoms with E-state index in [9.17, 15) is 14.9 Å². The summed E-state index contributed by atoms with van der Waals surface area (Å²) in [6.07, 6.45) is 4.18. The van der Waals surface area contributed by atoms with Gasteiger partial charge in [0.15, 0.2) is 5.82 Å². The Bertz CT molecular complexity index is 1910. The van der Waals surface area contributed by atoms with Crippen LogP contribution in [0.25, 0.3) is 33.5 Å². The van der Waals surface area contributed by atoms with Crippen LogP contribution in [0.4, 0.5) is 11.4 Å². The first kappa shape index (κ1) is 29.1. The molecule has 2 N–H and O–H groups in total. The number of nitriles is 1. The molecule has 0 spiro atoms. The minimum Gasteiger partial charge on any atom is -0.368 e. The molecule has 230 valence electrons. The summed E-state index contributed by atoms with van der Waals surface area (Å²) < 4.78 is 0. The number of piperazine rings is 1. The van der Waals surface area contributed by atoms with Crippen molar-refractivity contribution < 1.29 is 9.59 Å². The van der Waals surface area contributed by atoms with Crippen LogP contribution in [0.1, 0.15) is 12.0 Å². The maximum absolute atomic E-state index is 13.2. The van der Waals surface area contributed by atoms with Crippen molar-refractivity contribution in [3.05, 3.63) is 90.8 Å². The molecular formula is C35H33N9O2. The van der Waals surface area contributed by atoms with E-state index in [-0.39, 0.29) is 17.7 Å². The van der Waals surface area contributed by atoms with Crippen molar-refractivity contribution >= 4 is 34.1 Å². The summed E-state index contributed by atoms with van der Waals surface area (Å²) in [5.41, 5.74) is 5.75. The first-order valence-electron chi connectivity index (χ1n) is 15.5. The minimum atomic E-state index is -0.194. The zero-order valence-electron chi connectivity index (χ0n) is 25.3. The second-order valence-corrected chi connectivity index (χ2v) is 11.7. The molecule has 1 atom stereocenters. The van der Waals surface area contributed by atoms with Crippen LogP contribution in [0.3, 0.4) is 0 Å². The zero-order valence-corrected chi connectivity index (χ0v) is 25.3. The Morgan fingerprint density at radius 2 is 1.72 bits per heavy atom. The summed E-state index contributed by atoms with van der Waals surface area (Å²) >= 11 is 0. The van der Waals surface area contributed by atoms with E-state index in [4.69, 9.17) is 0 Å². The van der Waals surface area contributed by atoms with E-state index in [1.165, 1.54) is 0 Å². The quantitative estimate of drug-likeness (QED) is 0.280. The number of carbonyl (C=O) groups is 2. The van der Waals surface area contributed by atoms with Crippen LogP contribution in [-0.2, 0) is 9.59 Å². The third kappa shape index (κ3) is 6.16. The standard InChI is InChI=1S/C35H33N9O2/c36-21-24-3-1-4-26(19-24)33-30-20-28(7-10-31(30)40-41-33)39-35(46)27-11-14-42(22-27)23-32(45)44-17-15-43(16-18-44)29-8-5-25(6-9-29)34-37-12-2-13-38-34/h1-10,12-13,19-20,27H,11,14-18,22-23H2,(H,39,46)(H,40,41). The van der Waals surface area contributed by atoms with Gasteiger partial charge in [-0.25, -0.2) is 9.97 Å². The topological polar surface area (TPSA) is 134 Å². The van der Waals surface area contributed by atoms with Crippen LogP contribution in [0, 0.1) is 17.2 Å². The molecule has 2 fully saturated rings. The third-order valence-corrected chi connectivity index (χ3v) is 8.79. The number of rotatable bonds is 7. The number of hydrogen-bond acceptors (Lipinski definition) is 8. The zero-order chi connectivity index (χ0) is 31.5. The molecule has 2 saturated heterocycles. The highest BCUT2D eigenvalue weighted by molar-refractivity contribution is 5.99. The lowest BCUT2D eigenvalue weighted by Crippen LogP contribution is -2.51. The van der Waals surface area contributed by atoms with Crippen molar-refractivity contribution in [2.75, 3.05) is 56.0 Å². The monoisotopic (exact) mass is 611 g/mol. The number of hydrogen-bond donors (Lipinski definition) is 2. The van der Waals surface area contributed by atoms with Gasteiger partial charge in [0, 0.05) is 73.0 Å². The molecule has 7 rings (SSSR count). The first-order valence-corrected chi connectivity index (χ1v) is 15.5. The Kier molecular flexibility index (Phi) is 8.10. The van der Waals surface area contributed by atoms with E-state index in [0.717, 1.165) is 46.5 Å². The van der Waals surface area contributed by atoms with Crippen LogP contribution >= 0.6 is 0 Å². The Labute approximate surface area is 266 Å². The largest absolute Gasteiger partial charge is 0.368 e. The molecule has 2 amide bonds. The smallest absolute Gasteiger partial charge is 0.236 e. The van der Waals surface area contributed by atoms with Crippen LogP contribution in [0.2, 0.25) is 0 Å². The van der Waals surface area contributed by atoms with Gasteiger partial charge >= 0.3 is 0 Å². The van der Waals surface area contributed by atoms with Crippen LogP contribution in [-0.4, -0.2) is 87.6 Å². The molecule has 2 aliphatic heterocycles. The van der Waals surface area contributed by atoms with Gasteiger partial charge in [0.25, 0.3) is 0 Å². The molecule has 0 aliphatic carbocycles. The van der Waals surface area contributed by atoms with Gasteiger partial charge in [-0.1, -0.05) is 12.1 Å². The fraction of sp³-hybridized carbons (Fsp3) is 0.257. The lowest BCUT2D eigenvalue weighted by Gasteiger charge is -2.36. The molecule has 11 heteroatoms. The fourth-order valence-corrected chi connectivity index (χ4v) is 6.26. The molecule has 46 heavy (non-hydrogen) atoms. The number of aromatic amines is 1. The van der Waals surface area contributed by atoms with Gasteiger partial charge in [0.2, 0.25) is 11.8 Å². The van der Waals surface area contributed by atoms with Crippen LogP contribution < -0.4 is 10.2 Å². The van der Waals surface area contributed by atoms with Crippen molar-refractivity contribution in [1.29, 1.82) is 5.26 Å². The normalized spacial score (nSPS) is 16.8. The Morgan fingerprint density at radius 1 is 0.913 bits per heavy atom. The van der Waals surface area contributed by atoms with Gasteiger partial charge in [-0.05, 0) is 73.6 Å². The first-order chi connectivity index (χ1) is 22.5. The van der Waals surface area contributed by atoms with Crippen molar-refractivity contribution in [2.24, 2.45) is 5.92 Å². The number of fused-ring (bicyclic) bond motifs is 1. The SMILES string of the molecule is N#Cc1cccc(-c2n[nH]c3ccc(NC(=O)C4CCN(CC(=O)N5CCN(c6ccc(-c7ncccn7)cc6)CC5)C4)cc23)c1. The number of benzene rings is 3. The molecule has 2 aliphatic rings. The van der Waals surface area contributed by atoms with Crippen molar-refractivity contribution in [3.8, 4) is 28.7 Å². The highest BCUT2D eigenvalue weighted by Gasteiger charge is 2.31. The molecule has 1 unspecified atom stereocenters. The van der Waals surface area contributed by atoms with Gasteiger partial charge in [0.1, 0.15) is 5.69 Å². The summed E-state index contributed by atoms with van der Waals surface area (Å²) in [7, 11) is 0. The van der Waals surface area contributed by atoms with Gasteiger partial charge in [-0.3, -0.25) is 19.6 Å². The molecule has 0 bridgehead atoms. The average Bonchev–Trinajstić information content (AvgIpc) is 3.76. The lowest BCUT2D eigenvalue weighted by atomic mass is 10.0. The maximum atomic E-state index is 13.2. The number of aromatic nitrogens is 4. The summed E-state index contributed by atoms with van der Waals surface area (Å²) in [5, 5.41) is 20.7. The molecule has 0 radical (unpaired) electrons. The third-order valence-electron chi connectivity index (χ3n) is 8.79. The number of nitrogens with zero attached hydrogens (tertiary/aromatic N) is 7. The molecule has 5 aromatic rings. The van der Waals surface area contributed by atoms with Crippen molar-refractivity contribution in [2.45, 2.75) is 6.42 Å². The summed E-state index contributed by atoms with van der Waals surface area (Å²) in [6.45, 7) is 4.45. The molecule has 11 nitrogen and oxygen atoms in total. The van der Waals surface area contributed by atoms with E-state index < -0.39 is 0 Å². The van der Waals surface area contributed by atoms with E-state index in [0.29, 0.717) is 56.2 Å². The average molecular weight is 612 g/mol. The Balaban J connectivity index is 0.905. The van der Waals surface area contributed by atoms with Crippen LogP contribution in [0.5, 0.6) is 0 Å². The number of carbonyl (C=O) groups excluding carboxylic acids is 2. The summed E-state index contributed by atoms with van der Waals surface area (Å²) in [5.74, 6) is 0.566. The van der Waals surface area contributed by atoms with E-state index in [2.05, 4.69) is 53.5 Å². The Morgan fingerprint density at radius 3 is 2.50 bits per heavy atom. The predicted octanol–water partition coefficient (Wildman–Crippen LogP) is 4.17. The van der Waals surface area contributed by atoms with Gasteiger partial charge in [-0.15, -0.1) is 0 Å². The van der Waals surface area contributed by atoms with Gasteiger partial charge in [0.05, 0.1) is 29.6 Å². The molecule has 0 saturated carbocycles. The highest BCUT2D eigenvalue weighted by Crippen LogP contribution is 2.30. The fourth-order valence-electron chi connectivity index (χ4n) is 6.26. The number of amides is 2. The highest BCUT2D eigenvalue weighted by atomic mass is 16.2. The molecule has 2 aromatic heterocycles. The van der Waals surface area contributed by atoms with Crippen LogP contribution in [0.15, 0.2) is 85.2 Å². The lowest BCUT2D eigenvalue weighted by molar-refractivity contribution is -0.132. The Hall–Kier alpha value is -5.60. The number of anilines is 2. The molecule has 3 aromatic carbocycles. The van der Waals surface area contributed by atoms with E-state index in [1.54, 1.807) is 30.6 Å². The maximum Gasteiger partial charge on any atom is 0.236 e. The number of nitrogens with one attached hydrogen (secondary N) is 2. The number of H-pyrrole nitrogens is 1. The second-order valence-electron chi connectivity index (χ2n) is 11.7. The molecule has 4 heterocycles.